The van der Waals surface area contributed by atoms with Crippen LogP contribution in [0.3, 0.4) is 0 Å². The number of nitrogens with one attached hydrogen (secondary N) is 1. The molecular formula is C12H21N5. The Bertz CT molecular complexity index is 437. The largest absolute Gasteiger partial charge is 0.342 e. The van der Waals surface area contributed by atoms with Crippen LogP contribution in [-0.4, -0.2) is 33.0 Å². The maximum Gasteiger partial charge on any atom is 0.227 e. The number of imidazole rings is 1. The van der Waals surface area contributed by atoms with Crippen molar-refractivity contribution in [2.75, 3.05) is 18.0 Å². The third-order valence-electron chi connectivity index (χ3n) is 2.32. The summed E-state index contributed by atoms with van der Waals surface area (Å²) in [6, 6.07) is 0. The van der Waals surface area contributed by atoms with Gasteiger partial charge in [0, 0.05) is 13.1 Å². The van der Waals surface area contributed by atoms with E-state index in [1.807, 2.05) is 13.8 Å². The molecule has 0 unspecified atom stereocenters. The van der Waals surface area contributed by atoms with Gasteiger partial charge >= 0.3 is 0 Å². The van der Waals surface area contributed by atoms with Crippen LogP contribution in [0.5, 0.6) is 0 Å². The van der Waals surface area contributed by atoms with E-state index in [-0.39, 0.29) is 0 Å². The Balaban J connectivity index is 0.000000686. The van der Waals surface area contributed by atoms with Crippen molar-refractivity contribution >= 4 is 17.1 Å². The molecule has 0 amide bonds. The summed E-state index contributed by atoms with van der Waals surface area (Å²) in [4.78, 5) is 18.0. The lowest BCUT2D eigenvalue weighted by atomic mass is 10.4. The molecule has 0 radical (unpaired) electrons. The highest BCUT2D eigenvalue weighted by Gasteiger charge is 2.07. The van der Waals surface area contributed by atoms with Crippen LogP contribution in [0.4, 0.5) is 5.95 Å². The zero-order valence-electron chi connectivity index (χ0n) is 11.1. The van der Waals surface area contributed by atoms with Crippen molar-refractivity contribution in [1.29, 1.82) is 0 Å². The third-order valence-corrected chi connectivity index (χ3v) is 2.32. The molecule has 0 aromatic carbocycles. The molecule has 0 aliphatic heterocycles. The second-order valence-electron chi connectivity index (χ2n) is 3.39. The summed E-state index contributed by atoms with van der Waals surface area (Å²) >= 11 is 0. The molecule has 5 nitrogen and oxygen atoms in total. The van der Waals surface area contributed by atoms with E-state index in [1.54, 1.807) is 12.5 Å². The molecule has 0 aliphatic carbocycles. The second kappa shape index (κ2) is 6.83. The molecule has 0 spiro atoms. The topological polar surface area (TPSA) is 57.7 Å². The lowest BCUT2D eigenvalue weighted by molar-refractivity contribution is 0.765. The second-order valence-corrected chi connectivity index (χ2v) is 3.39. The van der Waals surface area contributed by atoms with Crippen molar-refractivity contribution in [3.63, 3.8) is 0 Å². The van der Waals surface area contributed by atoms with Crippen molar-refractivity contribution in [1.82, 2.24) is 19.9 Å². The lowest BCUT2D eigenvalue weighted by Crippen LogP contribution is -2.25. The predicted octanol–water partition coefficient (Wildman–Crippen LogP) is 2.62. The zero-order valence-corrected chi connectivity index (χ0v) is 11.1. The molecule has 0 fully saturated rings. The molecule has 0 aliphatic rings. The zero-order chi connectivity index (χ0) is 12.7. The van der Waals surface area contributed by atoms with Gasteiger partial charge in [0.25, 0.3) is 0 Å². The quantitative estimate of drug-likeness (QED) is 0.885. The smallest absolute Gasteiger partial charge is 0.227 e. The summed E-state index contributed by atoms with van der Waals surface area (Å²) in [7, 11) is 0. The first-order chi connectivity index (χ1) is 8.35. The summed E-state index contributed by atoms with van der Waals surface area (Å²) in [6.45, 7) is 10.2. The number of rotatable bonds is 4. The number of anilines is 1. The van der Waals surface area contributed by atoms with Crippen LogP contribution >= 0.6 is 0 Å². The van der Waals surface area contributed by atoms with E-state index in [9.17, 15) is 0 Å². The van der Waals surface area contributed by atoms with Gasteiger partial charge in [0.1, 0.15) is 5.52 Å². The fourth-order valence-corrected chi connectivity index (χ4v) is 1.55. The van der Waals surface area contributed by atoms with Gasteiger partial charge in [-0.1, -0.05) is 20.8 Å². The minimum Gasteiger partial charge on any atom is -0.342 e. The van der Waals surface area contributed by atoms with Crippen molar-refractivity contribution in [3.8, 4) is 0 Å². The van der Waals surface area contributed by atoms with Gasteiger partial charge in [-0.15, -0.1) is 0 Å². The van der Waals surface area contributed by atoms with Crippen molar-refractivity contribution in [2.24, 2.45) is 0 Å². The molecule has 2 heterocycles. The minimum absolute atomic E-state index is 0.731. The van der Waals surface area contributed by atoms with Crippen LogP contribution in [0.25, 0.3) is 11.2 Å². The number of fused-ring (bicyclic) bond motifs is 1. The monoisotopic (exact) mass is 235 g/mol. The molecule has 0 saturated heterocycles. The normalized spacial score (nSPS) is 9.88. The summed E-state index contributed by atoms with van der Waals surface area (Å²) < 4.78 is 0. The Morgan fingerprint density at radius 1 is 1.24 bits per heavy atom. The fraction of sp³-hybridized carbons (Fsp3) is 0.583. The van der Waals surface area contributed by atoms with E-state index in [0.717, 1.165) is 36.6 Å². The number of nitrogens with zero attached hydrogens (tertiary/aromatic N) is 4. The summed E-state index contributed by atoms with van der Waals surface area (Å²) in [6.07, 6.45) is 4.51. The maximum absolute atomic E-state index is 4.40. The molecule has 1 N–H and O–H groups in total. The maximum atomic E-state index is 4.40. The number of aromatic amines is 1. The van der Waals surface area contributed by atoms with Crippen LogP contribution in [0, 0.1) is 0 Å². The Morgan fingerprint density at radius 3 is 2.65 bits per heavy atom. The Morgan fingerprint density at radius 2 is 2.00 bits per heavy atom. The van der Waals surface area contributed by atoms with Crippen LogP contribution in [0.2, 0.25) is 0 Å². The van der Waals surface area contributed by atoms with Gasteiger partial charge < -0.3 is 9.88 Å². The van der Waals surface area contributed by atoms with E-state index in [1.165, 1.54) is 0 Å². The van der Waals surface area contributed by atoms with Gasteiger partial charge in [-0.05, 0) is 13.3 Å². The van der Waals surface area contributed by atoms with Crippen molar-refractivity contribution in [2.45, 2.75) is 34.1 Å². The number of aromatic nitrogens is 4. The first-order valence-electron chi connectivity index (χ1n) is 6.26. The summed E-state index contributed by atoms with van der Waals surface area (Å²) in [5, 5.41) is 0. The Labute approximate surface area is 102 Å². The molecule has 0 bridgehead atoms. The number of H-pyrrole nitrogens is 1. The van der Waals surface area contributed by atoms with E-state index in [0.29, 0.717) is 0 Å². The average molecular weight is 235 g/mol. The molecule has 94 valence electrons. The fourth-order valence-electron chi connectivity index (χ4n) is 1.55. The third kappa shape index (κ3) is 3.15. The van der Waals surface area contributed by atoms with E-state index < -0.39 is 0 Å². The molecule has 0 atom stereocenters. The van der Waals surface area contributed by atoms with Crippen LogP contribution in [0.1, 0.15) is 34.1 Å². The van der Waals surface area contributed by atoms with Crippen LogP contribution < -0.4 is 4.90 Å². The number of hydrogen-bond acceptors (Lipinski definition) is 4. The van der Waals surface area contributed by atoms with Crippen molar-refractivity contribution < 1.29 is 0 Å². The van der Waals surface area contributed by atoms with Gasteiger partial charge in [-0.25, -0.2) is 9.97 Å². The van der Waals surface area contributed by atoms with Crippen LogP contribution in [0.15, 0.2) is 12.5 Å². The Hall–Kier alpha value is -1.65. The molecule has 0 saturated carbocycles. The first kappa shape index (κ1) is 13.4. The highest BCUT2D eigenvalue weighted by atomic mass is 15.3. The molecule has 5 heteroatoms. The van der Waals surface area contributed by atoms with E-state index >= 15 is 0 Å². The minimum atomic E-state index is 0.731. The summed E-state index contributed by atoms with van der Waals surface area (Å²) in [5.74, 6) is 0.763. The molecule has 2 aromatic heterocycles. The first-order valence-corrected chi connectivity index (χ1v) is 6.26. The Kier molecular flexibility index (Phi) is 5.39. The van der Waals surface area contributed by atoms with Gasteiger partial charge in [0.15, 0.2) is 5.65 Å². The molecule has 2 aromatic rings. The molecule has 17 heavy (non-hydrogen) atoms. The predicted molar refractivity (Wildman–Crippen MR) is 71.2 cm³/mol. The highest BCUT2D eigenvalue weighted by Crippen LogP contribution is 2.11. The average Bonchev–Trinajstić information content (AvgIpc) is 2.85. The molecular weight excluding hydrogens is 214 g/mol. The summed E-state index contributed by atoms with van der Waals surface area (Å²) in [5.41, 5.74) is 1.61. The SMILES string of the molecule is CC.CCCN(CC)c1ncc2[nH]cnc2n1. The van der Waals surface area contributed by atoms with Gasteiger partial charge in [0.2, 0.25) is 5.95 Å². The standard InChI is InChI=1S/C10H15N5.C2H6/c1-3-5-15(4-2)10-11-6-8-9(14-10)13-7-12-8;1-2/h6-7H,3-5H2,1-2H3,(H,11,12,13,14);1-2H3. The van der Waals surface area contributed by atoms with E-state index in [2.05, 4.69) is 38.7 Å². The number of hydrogen-bond donors (Lipinski definition) is 1. The lowest BCUT2D eigenvalue weighted by Gasteiger charge is -2.19. The van der Waals surface area contributed by atoms with Crippen molar-refractivity contribution in [3.05, 3.63) is 12.5 Å². The van der Waals surface area contributed by atoms with E-state index in [4.69, 9.17) is 0 Å². The molecule has 2 rings (SSSR count). The van der Waals surface area contributed by atoms with Gasteiger partial charge in [-0.2, -0.15) is 4.98 Å². The van der Waals surface area contributed by atoms with Gasteiger partial charge in [-0.3, -0.25) is 0 Å². The van der Waals surface area contributed by atoms with Crippen LogP contribution in [-0.2, 0) is 0 Å². The van der Waals surface area contributed by atoms with Gasteiger partial charge in [0.05, 0.1) is 12.5 Å². The highest BCUT2D eigenvalue weighted by molar-refractivity contribution is 5.69.